The fourth-order valence-corrected chi connectivity index (χ4v) is 2.86. The van der Waals surface area contributed by atoms with Crippen molar-refractivity contribution in [2.75, 3.05) is 0 Å². The Hall–Kier alpha value is -2.88. The van der Waals surface area contributed by atoms with E-state index < -0.39 is 0 Å². The Morgan fingerprint density at radius 3 is 2.40 bits per heavy atom. The number of aromatic nitrogens is 1. The molecule has 4 aromatic rings. The number of para-hydroxylation sites is 1. The molecule has 0 radical (unpaired) electrons. The van der Waals surface area contributed by atoms with E-state index in [2.05, 4.69) is 0 Å². The van der Waals surface area contributed by atoms with E-state index in [0.29, 0.717) is 10.9 Å². The van der Waals surface area contributed by atoms with Crippen LogP contribution in [0.5, 0.6) is 0 Å². The quantitative estimate of drug-likeness (QED) is 0.382. The molecular formula is C16H10N2O2. The minimum absolute atomic E-state index is 0.178. The highest BCUT2D eigenvalue weighted by Gasteiger charge is 2.22. The van der Waals surface area contributed by atoms with E-state index in [4.69, 9.17) is 0 Å². The molecule has 0 fully saturated rings. The Kier molecular flexibility index (Phi) is 2.09. The number of hydrogen-bond donors (Lipinski definition) is 0. The molecule has 0 spiro atoms. The van der Waals surface area contributed by atoms with Crippen LogP contribution in [-0.2, 0) is 0 Å². The molecule has 0 bridgehead atoms. The summed E-state index contributed by atoms with van der Waals surface area (Å²) in [6.07, 6.45) is 1.90. The summed E-state index contributed by atoms with van der Waals surface area (Å²) in [5.74, 6) is 0. The van der Waals surface area contributed by atoms with Gasteiger partial charge in [0, 0.05) is 11.6 Å². The minimum Gasteiger partial charge on any atom is -0.310 e. The Labute approximate surface area is 114 Å². The van der Waals surface area contributed by atoms with Crippen molar-refractivity contribution < 1.29 is 4.92 Å². The molecule has 4 heteroatoms. The zero-order chi connectivity index (χ0) is 13.7. The van der Waals surface area contributed by atoms with Crippen LogP contribution in [0.15, 0.2) is 60.8 Å². The first-order valence-electron chi connectivity index (χ1n) is 6.32. The summed E-state index contributed by atoms with van der Waals surface area (Å²) in [7, 11) is 0. The maximum atomic E-state index is 11.5. The third-order valence-corrected chi connectivity index (χ3v) is 3.69. The second-order valence-electron chi connectivity index (χ2n) is 4.74. The van der Waals surface area contributed by atoms with Gasteiger partial charge >= 0.3 is 5.69 Å². The largest absolute Gasteiger partial charge is 0.310 e. The summed E-state index contributed by atoms with van der Waals surface area (Å²) in [5, 5.41) is 14.1. The van der Waals surface area contributed by atoms with Crippen molar-refractivity contribution in [1.29, 1.82) is 0 Å². The summed E-state index contributed by atoms with van der Waals surface area (Å²) in [5.41, 5.74) is 1.70. The Morgan fingerprint density at radius 1 is 0.900 bits per heavy atom. The van der Waals surface area contributed by atoms with E-state index in [1.807, 2.05) is 59.1 Å². The molecule has 0 amide bonds. The van der Waals surface area contributed by atoms with Gasteiger partial charge in [0.05, 0.1) is 15.8 Å². The molecule has 4 rings (SSSR count). The smallest absolute Gasteiger partial charge is 0.303 e. The highest BCUT2D eigenvalue weighted by Crippen LogP contribution is 2.36. The van der Waals surface area contributed by atoms with E-state index in [-0.39, 0.29) is 10.6 Å². The monoisotopic (exact) mass is 262 g/mol. The van der Waals surface area contributed by atoms with Crippen molar-refractivity contribution in [3.05, 3.63) is 70.9 Å². The molecule has 20 heavy (non-hydrogen) atoms. The molecule has 0 aliphatic heterocycles. The van der Waals surface area contributed by atoms with E-state index >= 15 is 0 Å². The van der Waals surface area contributed by atoms with Crippen molar-refractivity contribution in [2.24, 2.45) is 0 Å². The van der Waals surface area contributed by atoms with Gasteiger partial charge in [-0.05, 0) is 23.6 Å². The van der Waals surface area contributed by atoms with Gasteiger partial charge in [-0.15, -0.1) is 0 Å². The van der Waals surface area contributed by atoms with Crippen molar-refractivity contribution in [1.82, 2.24) is 4.40 Å². The first kappa shape index (κ1) is 11.0. The summed E-state index contributed by atoms with van der Waals surface area (Å²) >= 11 is 0. The lowest BCUT2D eigenvalue weighted by molar-refractivity contribution is -0.381. The average Bonchev–Trinajstić information content (AvgIpc) is 2.82. The van der Waals surface area contributed by atoms with Crippen molar-refractivity contribution in [3.8, 4) is 0 Å². The number of fused-ring (bicyclic) bond motifs is 5. The summed E-state index contributed by atoms with van der Waals surface area (Å²) in [6.45, 7) is 0. The summed E-state index contributed by atoms with van der Waals surface area (Å²) in [6, 6.07) is 17.2. The fraction of sp³-hybridized carbons (Fsp3) is 0. The van der Waals surface area contributed by atoms with Crippen LogP contribution in [0, 0.1) is 10.1 Å². The van der Waals surface area contributed by atoms with E-state index in [9.17, 15) is 10.1 Å². The van der Waals surface area contributed by atoms with Gasteiger partial charge in [0.15, 0.2) is 0 Å². The first-order valence-corrected chi connectivity index (χ1v) is 6.32. The third-order valence-electron chi connectivity index (χ3n) is 3.69. The molecule has 2 heterocycles. The highest BCUT2D eigenvalue weighted by molar-refractivity contribution is 6.10. The Bertz CT molecular complexity index is 986. The summed E-state index contributed by atoms with van der Waals surface area (Å²) in [4.78, 5) is 11.2. The SMILES string of the molecule is O=[N+]([O-])c1c2ccccc2n2ccc3ccccc3c12. The molecule has 2 aromatic heterocycles. The molecule has 0 atom stereocenters. The van der Waals surface area contributed by atoms with Crippen LogP contribution < -0.4 is 0 Å². The number of hydrogen-bond acceptors (Lipinski definition) is 2. The maximum Gasteiger partial charge on any atom is 0.303 e. The van der Waals surface area contributed by atoms with E-state index in [1.54, 1.807) is 6.07 Å². The lowest BCUT2D eigenvalue weighted by Gasteiger charge is -2.01. The Morgan fingerprint density at radius 2 is 1.60 bits per heavy atom. The number of nitrogens with zero attached hydrogens (tertiary/aromatic N) is 2. The first-order chi connectivity index (χ1) is 9.77. The van der Waals surface area contributed by atoms with Gasteiger partial charge in [-0.2, -0.15) is 0 Å². The standard InChI is InChI=1S/C16H10N2O2/c19-18(20)16-13-7-3-4-8-14(13)17-10-9-11-5-1-2-6-12(11)15(16)17/h1-10H. The number of benzene rings is 2. The van der Waals surface area contributed by atoms with Gasteiger partial charge in [-0.3, -0.25) is 10.1 Å². The molecule has 0 aliphatic rings. The third kappa shape index (κ3) is 1.30. The second kappa shape index (κ2) is 3.81. The number of pyridine rings is 1. The van der Waals surface area contributed by atoms with Gasteiger partial charge < -0.3 is 4.40 Å². The Balaban J connectivity index is 2.39. The van der Waals surface area contributed by atoms with Gasteiger partial charge in [0.25, 0.3) is 0 Å². The van der Waals surface area contributed by atoms with Crippen molar-refractivity contribution in [3.63, 3.8) is 0 Å². The molecule has 0 saturated carbocycles. The van der Waals surface area contributed by atoms with Crippen LogP contribution in [0.3, 0.4) is 0 Å². The molecule has 0 aliphatic carbocycles. The molecule has 96 valence electrons. The van der Waals surface area contributed by atoms with Gasteiger partial charge in [-0.25, -0.2) is 0 Å². The summed E-state index contributed by atoms with van der Waals surface area (Å²) < 4.78 is 1.90. The van der Waals surface area contributed by atoms with Crippen LogP contribution in [0.25, 0.3) is 27.2 Å². The zero-order valence-electron chi connectivity index (χ0n) is 10.5. The average molecular weight is 262 g/mol. The lowest BCUT2D eigenvalue weighted by atomic mass is 10.1. The van der Waals surface area contributed by atoms with Crippen LogP contribution in [0.1, 0.15) is 0 Å². The maximum absolute atomic E-state index is 11.5. The predicted octanol–water partition coefficient (Wildman–Crippen LogP) is 4.15. The van der Waals surface area contributed by atoms with Crippen molar-refractivity contribution >= 4 is 32.9 Å². The van der Waals surface area contributed by atoms with E-state index in [1.165, 1.54) is 0 Å². The van der Waals surface area contributed by atoms with Gasteiger partial charge in [0.2, 0.25) is 0 Å². The molecule has 0 N–H and O–H groups in total. The number of rotatable bonds is 1. The van der Waals surface area contributed by atoms with Crippen LogP contribution in [-0.4, -0.2) is 9.32 Å². The highest BCUT2D eigenvalue weighted by atomic mass is 16.6. The van der Waals surface area contributed by atoms with Crippen LogP contribution in [0.4, 0.5) is 5.69 Å². The van der Waals surface area contributed by atoms with Crippen LogP contribution >= 0.6 is 0 Å². The topological polar surface area (TPSA) is 47.5 Å². The van der Waals surface area contributed by atoms with Gasteiger partial charge in [0.1, 0.15) is 5.52 Å². The van der Waals surface area contributed by atoms with E-state index in [0.717, 1.165) is 16.3 Å². The van der Waals surface area contributed by atoms with Crippen LogP contribution in [0.2, 0.25) is 0 Å². The molecular weight excluding hydrogens is 252 g/mol. The molecule has 4 nitrogen and oxygen atoms in total. The molecule has 0 saturated heterocycles. The van der Waals surface area contributed by atoms with Gasteiger partial charge in [-0.1, -0.05) is 36.4 Å². The second-order valence-corrected chi connectivity index (χ2v) is 4.74. The predicted molar refractivity (Wildman–Crippen MR) is 79.1 cm³/mol. The van der Waals surface area contributed by atoms with Crippen molar-refractivity contribution in [2.45, 2.75) is 0 Å². The molecule has 0 unspecified atom stereocenters. The fourth-order valence-electron chi connectivity index (χ4n) is 2.86. The zero-order valence-corrected chi connectivity index (χ0v) is 10.5. The lowest BCUT2D eigenvalue weighted by Crippen LogP contribution is -1.89. The minimum atomic E-state index is -0.288. The molecule has 2 aromatic carbocycles. The number of nitro groups is 1. The normalized spacial score (nSPS) is 11.4.